The van der Waals surface area contributed by atoms with Crippen molar-refractivity contribution in [2.75, 3.05) is 6.54 Å². The molecule has 1 aromatic rings. The Morgan fingerprint density at radius 3 is 2.06 bits per heavy atom. The van der Waals surface area contributed by atoms with Gasteiger partial charge in [-0.05, 0) is 65.4 Å². The fourth-order valence-electron chi connectivity index (χ4n) is 7.44. The van der Waals surface area contributed by atoms with Gasteiger partial charge in [0.1, 0.15) is 6.10 Å². The molecule has 4 nitrogen and oxygen atoms in total. The second kappa shape index (κ2) is 11.8. The molecule has 2 atom stereocenters. The summed E-state index contributed by atoms with van der Waals surface area (Å²) in [7, 11) is 0. The van der Waals surface area contributed by atoms with Gasteiger partial charge < -0.3 is 10.1 Å². The zero-order chi connectivity index (χ0) is 24.9. The summed E-state index contributed by atoms with van der Waals surface area (Å²) in [6.45, 7) is 9.90. The molecule has 1 N–H and O–H groups in total. The van der Waals surface area contributed by atoms with Gasteiger partial charge in [0, 0.05) is 42.0 Å². The lowest BCUT2D eigenvalue weighted by atomic mass is 9.70. The Labute approximate surface area is 214 Å². The van der Waals surface area contributed by atoms with Gasteiger partial charge in [0.2, 0.25) is 0 Å². The van der Waals surface area contributed by atoms with Crippen LogP contribution in [0.25, 0.3) is 0 Å². The zero-order valence-electron chi connectivity index (χ0n) is 22.9. The highest BCUT2D eigenvalue weighted by Gasteiger charge is 2.47. The molecule has 0 amide bonds. The molecule has 3 fully saturated rings. The van der Waals surface area contributed by atoms with Crippen molar-refractivity contribution in [3.05, 3.63) is 35.9 Å². The number of nitrogens with one attached hydrogen (secondary N) is 1. The summed E-state index contributed by atoms with van der Waals surface area (Å²) in [6, 6.07) is 12.0. The molecule has 4 heteroatoms. The van der Waals surface area contributed by atoms with Gasteiger partial charge in [0.25, 0.3) is 0 Å². The van der Waals surface area contributed by atoms with E-state index < -0.39 is 0 Å². The number of rotatable bonds is 8. The van der Waals surface area contributed by atoms with Crippen LogP contribution >= 0.6 is 0 Å². The lowest BCUT2D eigenvalue weighted by Gasteiger charge is -2.51. The summed E-state index contributed by atoms with van der Waals surface area (Å²) in [5.74, 6) is 0.243. The summed E-state index contributed by atoms with van der Waals surface area (Å²) in [5.41, 5.74) is 1.14. The smallest absolute Gasteiger partial charge is 0.307 e. The number of benzene rings is 1. The van der Waals surface area contributed by atoms with Crippen molar-refractivity contribution >= 4 is 5.97 Å². The van der Waals surface area contributed by atoms with E-state index in [0.717, 1.165) is 19.4 Å². The SMILES string of the molecule is CC1(C)CC(OC(=O)CCN(C2CCCCC2)C2CCCCC2)C(Cc2ccccc2)C(C)(C)N1. The van der Waals surface area contributed by atoms with Crippen molar-refractivity contribution in [1.82, 2.24) is 10.2 Å². The monoisotopic (exact) mass is 482 g/mol. The van der Waals surface area contributed by atoms with Crippen molar-refractivity contribution in [3.8, 4) is 0 Å². The van der Waals surface area contributed by atoms with Gasteiger partial charge in [-0.25, -0.2) is 0 Å². The minimum Gasteiger partial charge on any atom is -0.462 e. The molecule has 2 unspecified atom stereocenters. The van der Waals surface area contributed by atoms with E-state index in [0.29, 0.717) is 18.5 Å². The summed E-state index contributed by atoms with van der Waals surface area (Å²) in [4.78, 5) is 16.1. The van der Waals surface area contributed by atoms with E-state index in [1.54, 1.807) is 0 Å². The zero-order valence-corrected chi connectivity index (χ0v) is 22.9. The quantitative estimate of drug-likeness (QED) is 0.420. The molecule has 1 aliphatic heterocycles. The lowest BCUT2D eigenvalue weighted by molar-refractivity contribution is -0.159. The van der Waals surface area contributed by atoms with E-state index in [9.17, 15) is 4.79 Å². The van der Waals surface area contributed by atoms with E-state index in [-0.39, 0.29) is 29.1 Å². The Morgan fingerprint density at radius 1 is 0.914 bits per heavy atom. The number of ether oxygens (including phenoxy) is 1. The maximum Gasteiger partial charge on any atom is 0.307 e. The Hall–Kier alpha value is -1.39. The van der Waals surface area contributed by atoms with Gasteiger partial charge in [-0.2, -0.15) is 0 Å². The average Bonchev–Trinajstić information content (AvgIpc) is 2.83. The first-order valence-corrected chi connectivity index (χ1v) is 14.5. The predicted octanol–water partition coefficient (Wildman–Crippen LogP) is 6.67. The topological polar surface area (TPSA) is 41.6 Å². The molecule has 1 saturated heterocycles. The number of piperidine rings is 1. The van der Waals surface area contributed by atoms with Crippen LogP contribution in [0.4, 0.5) is 0 Å². The molecule has 3 aliphatic rings. The van der Waals surface area contributed by atoms with Crippen LogP contribution in [0.1, 0.15) is 110 Å². The molecule has 2 aliphatic carbocycles. The third-order valence-corrected chi connectivity index (χ3v) is 8.99. The number of nitrogens with zero attached hydrogens (tertiary/aromatic N) is 1. The van der Waals surface area contributed by atoms with Crippen LogP contribution < -0.4 is 5.32 Å². The second-order valence-corrected chi connectivity index (χ2v) is 12.8. The molecule has 1 aromatic carbocycles. The minimum absolute atomic E-state index is 0.00168. The number of hydrogen-bond donors (Lipinski definition) is 1. The Kier molecular flexibility index (Phi) is 8.97. The number of carbonyl (C=O) groups is 1. The van der Waals surface area contributed by atoms with Gasteiger partial charge >= 0.3 is 5.97 Å². The van der Waals surface area contributed by atoms with Gasteiger partial charge in [-0.3, -0.25) is 9.69 Å². The van der Waals surface area contributed by atoms with E-state index in [2.05, 4.69) is 68.2 Å². The minimum atomic E-state index is -0.112. The Balaban J connectivity index is 1.42. The van der Waals surface area contributed by atoms with Gasteiger partial charge in [-0.15, -0.1) is 0 Å². The first-order chi connectivity index (χ1) is 16.7. The molecule has 35 heavy (non-hydrogen) atoms. The molecule has 0 radical (unpaired) electrons. The summed E-state index contributed by atoms with van der Waals surface area (Å²) >= 11 is 0. The second-order valence-electron chi connectivity index (χ2n) is 12.8. The Bertz CT molecular complexity index is 775. The average molecular weight is 483 g/mol. The maximum absolute atomic E-state index is 13.3. The number of hydrogen-bond acceptors (Lipinski definition) is 4. The maximum atomic E-state index is 13.3. The lowest BCUT2D eigenvalue weighted by Crippen LogP contribution is -2.65. The number of carbonyl (C=O) groups excluding carboxylic acids is 1. The highest BCUT2D eigenvalue weighted by Crippen LogP contribution is 2.38. The molecular weight excluding hydrogens is 432 g/mol. The van der Waals surface area contributed by atoms with Crippen molar-refractivity contribution in [2.45, 2.75) is 140 Å². The summed E-state index contributed by atoms with van der Waals surface area (Å²) in [6.07, 6.45) is 15.6. The highest BCUT2D eigenvalue weighted by molar-refractivity contribution is 5.69. The van der Waals surface area contributed by atoms with E-state index in [1.165, 1.54) is 69.8 Å². The normalized spacial score (nSPS) is 27.6. The molecule has 0 bridgehead atoms. The van der Waals surface area contributed by atoms with E-state index >= 15 is 0 Å². The van der Waals surface area contributed by atoms with Crippen LogP contribution in [0.5, 0.6) is 0 Å². The van der Waals surface area contributed by atoms with E-state index in [1.807, 2.05) is 0 Å². The molecule has 0 spiro atoms. The van der Waals surface area contributed by atoms with Gasteiger partial charge in [0.15, 0.2) is 0 Å². The van der Waals surface area contributed by atoms with Crippen molar-refractivity contribution in [2.24, 2.45) is 5.92 Å². The van der Waals surface area contributed by atoms with Crippen LogP contribution in [0, 0.1) is 5.92 Å². The van der Waals surface area contributed by atoms with Crippen LogP contribution in [0.3, 0.4) is 0 Å². The molecule has 196 valence electrons. The molecular formula is C31H50N2O2. The largest absolute Gasteiger partial charge is 0.462 e. The third kappa shape index (κ3) is 7.32. The van der Waals surface area contributed by atoms with Crippen molar-refractivity contribution in [3.63, 3.8) is 0 Å². The fraction of sp³-hybridized carbons (Fsp3) is 0.774. The molecule has 2 saturated carbocycles. The third-order valence-electron chi connectivity index (χ3n) is 8.99. The first kappa shape index (κ1) is 26.7. The highest BCUT2D eigenvalue weighted by atomic mass is 16.5. The standard InChI is InChI=1S/C31H50N2O2/c1-30(2)23-28(27(31(3,4)32-30)22-24-14-8-5-9-15-24)35-29(34)20-21-33(25-16-10-6-11-17-25)26-18-12-7-13-19-26/h5,8-9,14-15,25-28,32H,6-7,10-13,16-23H2,1-4H3. The van der Waals surface area contributed by atoms with Gasteiger partial charge in [0.05, 0.1) is 6.42 Å². The van der Waals surface area contributed by atoms with Crippen molar-refractivity contribution < 1.29 is 9.53 Å². The predicted molar refractivity (Wildman–Crippen MR) is 144 cm³/mol. The van der Waals surface area contributed by atoms with Gasteiger partial charge in [-0.1, -0.05) is 68.9 Å². The Morgan fingerprint density at radius 2 is 1.49 bits per heavy atom. The molecule has 0 aromatic heterocycles. The van der Waals surface area contributed by atoms with E-state index in [4.69, 9.17) is 4.74 Å². The number of esters is 1. The van der Waals surface area contributed by atoms with Crippen LogP contribution in [0.2, 0.25) is 0 Å². The molecule has 1 heterocycles. The van der Waals surface area contributed by atoms with Crippen LogP contribution in [0.15, 0.2) is 30.3 Å². The van der Waals surface area contributed by atoms with Crippen LogP contribution in [-0.2, 0) is 16.0 Å². The van der Waals surface area contributed by atoms with Crippen LogP contribution in [-0.4, -0.2) is 46.7 Å². The fourth-order valence-corrected chi connectivity index (χ4v) is 7.44. The summed E-state index contributed by atoms with van der Waals surface area (Å²) < 4.78 is 6.37. The summed E-state index contributed by atoms with van der Waals surface area (Å²) in [5, 5.41) is 3.84. The van der Waals surface area contributed by atoms with Crippen molar-refractivity contribution in [1.29, 1.82) is 0 Å². The first-order valence-electron chi connectivity index (χ1n) is 14.5. The molecule has 4 rings (SSSR count).